The molecule has 3 nitrogen and oxygen atoms in total. The van der Waals surface area contributed by atoms with Crippen LogP contribution >= 0.6 is 15.9 Å². The largest absolute Gasteiger partial charge is 0.573 e. The fraction of sp³-hybridized carbons (Fsp3) is 0.143. The van der Waals surface area contributed by atoms with Gasteiger partial charge in [-0.15, -0.1) is 13.2 Å². The second-order valence-corrected chi connectivity index (χ2v) is 5.27. The first-order valence-electron chi connectivity index (χ1n) is 5.93. The van der Waals surface area contributed by atoms with Gasteiger partial charge in [-0.2, -0.15) is 0 Å². The monoisotopic (exact) mass is 360 g/mol. The van der Waals surface area contributed by atoms with E-state index in [-0.39, 0.29) is 11.4 Å². The van der Waals surface area contributed by atoms with Crippen molar-refractivity contribution in [3.63, 3.8) is 0 Å². The normalized spacial score (nSPS) is 11.3. The molecule has 21 heavy (non-hydrogen) atoms. The summed E-state index contributed by atoms with van der Waals surface area (Å²) in [5.41, 5.74) is 7.89. The lowest BCUT2D eigenvalue weighted by Crippen LogP contribution is -2.18. The Balaban J connectivity index is 2.37. The maximum absolute atomic E-state index is 12.4. The molecule has 0 saturated carbocycles. The zero-order valence-corrected chi connectivity index (χ0v) is 12.5. The number of ether oxygens (including phenoxy) is 1. The Morgan fingerprint density at radius 2 is 1.86 bits per heavy atom. The highest BCUT2D eigenvalue weighted by atomic mass is 79.9. The van der Waals surface area contributed by atoms with Crippen molar-refractivity contribution in [2.24, 2.45) is 0 Å². The average molecular weight is 361 g/mol. The first-order chi connectivity index (χ1) is 9.76. The van der Waals surface area contributed by atoms with E-state index >= 15 is 0 Å². The number of hydrogen-bond donors (Lipinski definition) is 2. The van der Waals surface area contributed by atoms with Gasteiger partial charge in [-0.25, -0.2) is 0 Å². The lowest BCUT2D eigenvalue weighted by atomic mass is 10.1. The van der Waals surface area contributed by atoms with Crippen molar-refractivity contribution < 1.29 is 17.9 Å². The molecule has 0 aliphatic heterocycles. The van der Waals surface area contributed by atoms with E-state index in [1.165, 1.54) is 12.1 Å². The molecule has 3 N–H and O–H groups in total. The van der Waals surface area contributed by atoms with Gasteiger partial charge in [0.1, 0.15) is 0 Å². The summed E-state index contributed by atoms with van der Waals surface area (Å²) in [5.74, 6) is -0.335. The van der Waals surface area contributed by atoms with Gasteiger partial charge >= 0.3 is 6.36 Å². The molecule has 0 fully saturated rings. The summed E-state index contributed by atoms with van der Waals surface area (Å²) in [7, 11) is 0. The first kappa shape index (κ1) is 15.5. The van der Waals surface area contributed by atoms with Crippen LogP contribution in [0.2, 0.25) is 0 Å². The molecule has 0 aliphatic carbocycles. The van der Waals surface area contributed by atoms with Crippen LogP contribution < -0.4 is 15.8 Å². The van der Waals surface area contributed by atoms with Crippen LogP contribution in [-0.2, 0) is 0 Å². The van der Waals surface area contributed by atoms with Crippen LogP contribution in [0.1, 0.15) is 5.56 Å². The molecular formula is C14H12BrF3N2O. The highest BCUT2D eigenvalue weighted by molar-refractivity contribution is 9.10. The number of rotatable bonds is 3. The smallest absolute Gasteiger partial charge is 0.404 e. The number of halogens is 4. The first-order valence-corrected chi connectivity index (χ1v) is 6.73. The summed E-state index contributed by atoms with van der Waals surface area (Å²) < 4.78 is 41.8. The predicted molar refractivity (Wildman–Crippen MR) is 79.7 cm³/mol. The molecule has 2 aromatic rings. The van der Waals surface area contributed by atoms with Crippen LogP contribution in [0.15, 0.2) is 40.9 Å². The summed E-state index contributed by atoms with van der Waals surface area (Å²) in [6.45, 7) is 1.81. The molecule has 0 aromatic heterocycles. The van der Waals surface area contributed by atoms with E-state index in [1.807, 2.05) is 13.0 Å². The summed E-state index contributed by atoms with van der Waals surface area (Å²) in [6, 6.07) is 9.58. The van der Waals surface area contributed by atoms with Crippen molar-refractivity contribution in [1.29, 1.82) is 0 Å². The van der Waals surface area contributed by atoms with Gasteiger partial charge in [0.05, 0.1) is 17.1 Å². The molecule has 0 aliphatic rings. The molecule has 0 atom stereocenters. The number of aryl methyl sites for hydroxylation is 1. The second-order valence-electron chi connectivity index (χ2n) is 4.35. The van der Waals surface area contributed by atoms with Crippen LogP contribution in [0, 0.1) is 6.92 Å². The minimum absolute atomic E-state index is 0.174. The van der Waals surface area contributed by atoms with Gasteiger partial charge in [0.2, 0.25) is 0 Å². The fourth-order valence-corrected chi connectivity index (χ4v) is 2.08. The number of nitrogen functional groups attached to an aromatic ring is 1. The van der Waals surface area contributed by atoms with E-state index in [2.05, 4.69) is 26.0 Å². The third-order valence-corrected chi connectivity index (χ3v) is 3.26. The third-order valence-electron chi connectivity index (χ3n) is 2.76. The zero-order valence-electron chi connectivity index (χ0n) is 11.0. The molecule has 0 bridgehead atoms. The molecular weight excluding hydrogens is 349 g/mol. The van der Waals surface area contributed by atoms with Crippen LogP contribution in [-0.4, -0.2) is 6.36 Å². The lowest BCUT2D eigenvalue weighted by Gasteiger charge is -2.16. The number of anilines is 3. The van der Waals surface area contributed by atoms with Crippen LogP contribution in [0.5, 0.6) is 5.75 Å². The zero-order chi connectivity index (χ0) is 15.6. The van der Waals surface area contributed by atoms with Crippen LogP contribution in [0.3, 0.4) is 0 Å². The maximum Gasteiger partial charge on any atom is 0.573 e. The Labute approximate surface area is 128 Å². The number of alkyl halides is 3. The molecule has 0 saturated heterocycles. The van der Waals surface area contributed by atoms with E-state index in [0.717, 1.165) is 5.56 Å². The molecule has 0 heterocycles. The van der Waals surface area contributed by atoms with Gasteiger partial charge in [0.15, 0.2) is 5.75 Å². The Morgan fingerprint density at radius 1 is 1.14 bits per heavy atom. The maximum atomic E-state index is 12.4. The van der Waals surface area contributed by atoms with E-state index in [9.17, 15) is 13.2 Å². The van der Waals surface area contributed by atoms with Crippen LogP contribution in [0.25, 0.3) is 0 Å². The molecule has 0 radical (unpaired) electrons. The third kappa shape index (κ3) is 4.04. The number of para-hydroxylation sites is 1. The van der Waals surface area contributed by atoms with Crippen molar-refractivity contribution in [1.82, 2.24) is 0 Å². The van der Waals surface area contributed by atoms with Crippen LogP contribution in [0.4, 0.5) is 30.2 Å². The molecule has 7 heteroatoms. The summed E-state index contributed by atoms with van der Waals surface area (Å²) in [6.07, 6.45) is -4.77. The number of nitrogens with one attached hydrogen (secondary N) is 1. The highest BCUT2D eigenvalue weighted by Gasteiger charge is 2.32. The summed E-state index contributed by atoms with van der Waals surface area (Å²) in [5, 5.41) is 2.86. The van der Waals surface area contributed by atoms with Crippen molar-refractivity contribution in [2.45, 2.75) is 13.3 Å². The van der Waals surface area contributed by atoms with Gasteiger partial charge in [-0.3, -0.25) is 0 Å². The number of nitrogens with two attached hydrogens (primary N) is 1. The summed E-state index contributed by atoms with van der Waals surface area (Å²) >= 11 is 3.12. The predicted octanol–water partition coefficient (Wildman–Crippen LogP) is 4.98. The van der Waals surface area contributed by atoms with Gasteiger partial charge in [-0.05, 0) is 36.8 Å². The molecule has 2 rings (SSSR count). The average Bonchev–Trinajstić information content (AvgIpc) is 2.36. The molecule has 0 amide bonds. The quantitative estimate of drug-likeness (QED) is 0.758. The Morgan fingerprint density at radius 3 is 2.52 bits per heavy atom. The van der Waals surface area contributed by atoms with Crippen molar-refractivity contribution >= 4 is 33.0 Å². The van der Waals surface area contributed by atoms with Gasteiger partial charge < -0.3 is 15.8 Å². The van der Waals surface area contributed by atoms with Crippen molar-refractivity contribution in [3.8, 4) is 5.75 Å². The number of hydrogen-bond acceptors (Lipinski definition) is 3. The molecule has 0 unspecified atom stereocenters. The minimum Gasteiger partial charge on any atom is -0.404 e. The second kappa shape index (κ2) is 5.85. The Kier molecular flexibility index (Phi) is 4.32. The highest BCUT2D eigenvalue weighted by Crippen LogP contribution is 2.36. The molecule has 2 aromatic carbocycles. The molecule has 112 valence electrons. The standard InChI is InChI=1S/C14H12BrF3N2O/c1-8-3-2-4-11(13(8)19)20-10-6-5-9(15)7-12(10)21-14(16,17)18/h2-7,20H,19H2,1H3. The lowest BCUT2D eigenvalue weighted by molar-refractivity contribution is -0.274. The van der Waals surface area contributed by atoms with E-state index in [0.29, 0.717) is 15.8 Å². The minimum atomic E-state index is -4.77. The van der Waals surface area contributed by atoms with E-state index < -0.39 is 6.36 Å². The van der Waals surface area contributed by atoms with Crippen molar-refractivity contribution in [2.75, 3.05) is 11.1 Å². The van der Waals surface area contributed by atoms with Gasteiger partial charge in [0.25, 0.3) is 0 Å². The number of benzene rings is 2. The molecule has 0 spiro atoms. The van der Waals surface area contributed by atoms with E-state index in [4.69, 9.17) is 5.73 Å². The Hall–Kier alpha value is -1.89. The topological polar surface area (TPSA) is 47.3 Å². The fourth-order valence-electron chi connectivity index (χ4n) is 1.74. The van der Waals surface area contributed by atoms with Gasteiger partial charge in [0, 0.05) is 4.47 Å². The summed E-state index contributed by atoms with van der Waals surface area (Å²) in [4.78, 5) is 0. The Bertz CT molecular complexity index is 659. The van der Waals surface area contributed by atoms with E-state index in [1.54, 1.807) is 18.2 Å². The van der Waals surface area contributed by atoms with Gasteiger partial charge in [-0.1, -0.05) is 28.1 Å². The van der Waals surface area contributed by atoms with Crippen molar-refractivity contribution in [3.05, 3.63) is 46.4 Å². The SMILES string of the molecule is Cc1cccc(Nc2ccc(Br)cc2OC(F)(F)F)c1N.